The van der Waals surface area contributed by atoms with Gasteiger partial charge in [-0.25, -0.2) is 0 Å². The number of pyridine rings is 1. The molecule has 5 aromatic carbocycles. The highest BCUT2D eigenvalue weighted by molar-refractivity contribution is 6.20. The molecule has 0 spiro atoms. The molecule has 6 aromatic rings. The second-order valence-corrected chi connectivity index (χ2v) is 13.4. The Morgan fingerprint density at radius 2 is 1.51 bits per heavy atom. The smallest absolute Gasteiger partial charge is 0.0524 e. The van der Waals surface area contributed by atoms with Gasteiger partial charge in [0.2, 0.25) is 0 Å². The van der Waals surface area contributed by atoms with Crippen LogP contribution in [0.1, 0.15) is 63.6 Å². The van der Waals surface area contributed by atoms with Gasteiger partial charge in [-0.15, -0.1) is 0 Å². The first kappa shape index (κ1) is 33.8. The van der Waals surface area contributed by atoms with Crippen molar-refractivity contribution in [1.29, 1.82) is 0 Å². The van der Waals surface area contributed by atoms with Crippen LogP contribution >= 0.6 is 0 Å². The molecule has 2 nitrogen and oxygen atoms in total. The first-order chi connectivity index (χ1) is 24.0. The van der Waals surface area contributed by atoms with Crippen LogP contribution in [0.15, 0.2) is 144 Å². The van der Waals surface area contributed by atoms with E-state index in [-0.39, 0.29) is 0 Å². The zero-order valence-corrected chi connectivity index (χ0v) is 29.7. The minimum atomic E-state index is 0.310. The van der Waals surface area contributed by atoms with Gasteiger partial charge in [0.25, 0.3) is 0 Å². The minimum absolute atomic E-state index is 0.310. The largest absolute Gasteiger partial charge is 0.294 e. The molecule has 2 unspecified atom stereocenters. The fourth-order valence-electron chi connectivity index (χ4n) is 7.15. The molecular formula is C47H48N2. The average molecular weight is 641 g/mol. The standard InChI is InChI=1S/C47H48N2/c1-6-14-40(34(4)16-12-17-35(5)45(15-7-2)49-29-27-36-18-13-28-48-32-36)47-43-21-10-8-19-41(43)46(42-20-9-11-22-44(42)47)39-26-25-37-30-33(3)23-24-38(37)31-39/h6,8-14,16,18-26,28-32,35,45H,7,15,17,27H2,1-5H3/b14-6-,16-12-,40-34-,49-29?. The molecule has 0 saturated carbocycles. The lowest BCUT2D eigenvalue weighted by Crippen LogP contribution is -2.15. The monoisotopic (exact) mass is 640 g/mol. The van der Waals surface area contributed by atoms with Crippen molar-refractivity contribution in [2.24, 2.45) is 10.9 Å². The van der Waals surface area contributed by atoms with E-state index in [1.165, 1.54) is 71.3 Å². The Kier molecular flexibility index (Phi) is 11.0. The molecule has 0 aliphatic rings. The number of allylic oxidation sites excluding steroid dienone is 6. The molecule has 0 aliphatic carbocycles. The lowest BCUT2D eigenvalue weighted by Gasteiger charge is -2.20. The maximum absolute atomic E-state index is 5.03. The summed E-state index contributed by atoms with van der Waals surface area (Å²) in [7, 11) is 0. The quantitative estimate of drug-likeness (QED) is 0.0742. The third kappa shape index (κ3) is 7.65. The maximum atomic E-state index is 5.03. The molecule has 2 heteroatoms. The van der Waals surface area contributed by atoms with Crippen LogP contribution in [0.5, 0.6) is 0 Å². The van der Waals surface area contributed by atoms with Gasteiger partial charge in [-0.05, 0) is 117 Å². The van der Waals surface area contributed by atoms with Crippen molar-refractivity contribution in [2.75, 3.05) is 0 Å². The molecule has 2 atom stereocenters. The van der Waals surface area contributed by atoms with Crippen LogP contribution in [0.25, 0.3) is 49.0 Å². The van der Waals surface area contributed by atoms with Gasteiger partial charge in [-0.2, -0.15) is 0 Å². The highest BCUT2D eigenvalue weighted by atomic mass is 14.8. The van der Waals surface area contributed by atoms with Crippen molar-refractivity contribution in [3.8, 4) is 11.1 Å². The van der Waals surface area contributed by atoms with E-state index in [4.69, 9.17) is 4.99 Å². The number of aryl methyl sites for hydroxylation is 1. The van der Waals surface area contributed by atoms with Crippen LogP contribution in [-0.4, -0.2) is 17.2 Å². The molecule has 1 aromatic heterocycles. The summed E-state index contributed by atoms with van der Waals surface area (Å²) in [6.45, 7) is 11.1. The van der Waals surface area contributed by atoms with E-state index in [1.807, 2.05) is 18.5 Å². The summed E-state index contributed by atoms with van der Waals surface area (Å²) in [4.78, 5) is 9.27. The zero-order chi connectivity index (χ0) is 34.2. The Hall–Kier alpha value is -5.08. The van der Waals surface area contributed by atoms with Gasteiger partial charge in [-0.1, -0.05) is 135 Å². The van der Waals surface area contributed by atoms with Crippen molar-refractivity contribution < 1.29 is 0 Å². The van der Waals surface area contributed by atoms with E-state index < -0.39 is 0 Å². The Morgan fingerprint density at radius 1 is 0.816 bits per heavy atom. The molecule has 0 radical (unpaired) electrons. The van der Waals surface area contributed by atoms with Crippen molar-refractivity contribution in [2.45, 2.75) is 66.3 Å². The summed E-state index contributed by atoms with van der Waals surface area (Å²) in [6.07, 6.45) is 19.0. The lowest BCUT2D eigenvalue weighted by molar-refractivity contribution is 0.434. The highest BCUT2D eigenvalue weighted by Crippen LogP contribution is 2.43. The predicted molar refractivity (Wildman–Crippen MR) is 215 cm³/mol. The van der Waals surface area contributed by atoms with Crippen molar-refractivity contribution in [3.05, 3.63) is 156 Å². The molecule has 1 heterocycles. The first-order valence-corrected chi connectivity index (χ1v) is 17.8. The molecule has 0 amide bonds. The van der Waals surface area contributed by atoms with Gasteiger partial charge in [-0.3, -0.25) is 9.98 Å². The molecule has 0 fully saturated rings. The Morgan fingerprint density at radius 3 is 2.18 bits per heavy atom. The van der Waals surface area contributed by atoms with Crippen molar-refractivity contribution in [1.82, 2.24) is 4.98 Å². The van der Waals surface area contributed by atoms with E-state index >= 15 is 0 Å². The number of rotatable bonds is 12. The predicted octanol–water partition coefficient (Wildman–Crippen LogP) is 12.9. The molecule has 49 heavy (non-hydrogen) atoms. The third-order valence-corrected chi connectivity index (χ3v) is 9.71. The zero-order valence-electron chi connectivity index (χ0n) is 29.7. The Bertz CT molecular complexity index is 2120. The molecule has 0 bridgehead atoms. The summed E-state index contributed by atoms with van der Waals surface area (Å²) in [5.74, 6) is 0.450. The van der Waals surface area contributed by atoms with Crippen LogP contribution < -0.4 is 0 Å². The maximum Gasteiger partial charge on any atom is 0.0524 e. The second kappa shape index (κ2) is 15.9. The molecule has 6 rings (SSSR count). The third-order valence-electron chi connectivity index (χ3n) is 9.71. The van der Waals surface area contributed by atoms with E-state index in [0.717, 1.165) is 25.7 Å². The van der Waals surface area contributed by atoms with Gasteiger partial charge in [0.1, 0.15) is 0 Å². The van der Waals surface area contributed by atoms with Crippen LogP contribution in [0.4, 0.5) is 0 Å². The van der Waals surface area contributed by atoms with E-state index in [0.29, 0.717) is 12.0 Å². The number of hydrogen-bond acceptors (Lipinski definition) is 2. The van der Waals surface area contributed by atoms with Crippen LogP contribution in [-0.2, 0) is 6.42 Å². The lowest BCUT2D eigenvalue weighted by atomic mass is 9.84. The van der Waals surface area contributed by atoms with Gasteiger partial charge in [0.15, 0.2) is 0 Å². The average Bonchev–Trinajstić information content (AvgIpc) is 3.13. The Labute approximate surface area is 292 Å². The number of benzene rings is 5. The molecular weight excluding hydrogens is 593 g/mol. The molecule has 0 saturated heterocycles. The van der Waals surface area contributed by atoms with Crippen LogP contribution in [0.3, 0.4) is 0 Å². The molecule has 0 aliphatic heterocycles. The minimum Gasteiger partial charge on any atom is -0.294 e. The molecule has 0 N–H and O–H groups in total. The van der Waals surface area contributed by atoms with Crippen molar-refractivity contribution >= 4 is 44.1 Å². The first-order valence-electron chi connectivity index (χ1n) is 17.8. The summed E-state index contributed by atoms with van der Waals surface area (Å²) in [5, 5.41) is 7.66. The number of nitrogens with zero attached hydrogens (tertiary/aromatic N) is 2. The highest BCUT2D eigenvalue weighted by Gasteiger charge is 2.18. The number of aliphatic imine (C=N–C) groups is 1. The van der Waals surface area contributed by atoms with Crippen molar-refractivity contribution in [3.63, 3.8) is 0 Å². The SMILES string of the molecule is C\C=C/C(=C(C)/C=C\CC(C)C(CCC)N=CCc1cccnc1)c1c2ccccc2c(-c2ccc3cc(C)ccc3c2)c2ccccc12. The number of aromatic nitrogens is 1. The van der Waals surface area contributed by atoms with Gasteiger partial charge in [0.05, 0.1) is 6.04 Å². The van der Waals surface area contributed by atoms with Gasteiger partial charge >= 0.3 is 0 Å². The van der Waals surface area contributed by atoms with E-state index in [2.05, 4.69) is 161 Å². The van der Waals surface area contributed by atoms with E-state index in [9.17, 15) is 0 Å². The van der Waals surface area contributed by atoms with Gasteiger partial charge in [0, 0.05) is 25.0 Å². The van der Waals surface area contributed by atoms with Crippen LogP contribution in [0.2, 0.25) is 0 Å². The Balaban J connectivity index is 1.38. The van der Waals surface area contributed by atoms with Crippen LogP contribution in [0, 0.1) is 12.8 Å². The fourth-order valence-corrected chi connectivity index (χ4v) is 7.15. The molecule has 246 valence electrons. The van der Waals surface area contributed by atoms with Gasteiger partial charge < -0.3 is 0 Å². The summed E-state index contributed by atoms with van der Waals surface area (Å²) < 4.78 is 0. The topological polar surface area (TPSA) is 25.2 Å². The van der Waals surface area contributed by atoms with E-state index in [1.54, 1.807) is 0 Å². The number of fused-ring (bicyclic) bond motifs is 3. The normalized spacial score (nSPS) is 14.1. The summed E-state index contributed by atoms with van der Waals surface area (Å²) >= 11 is 0. The second-order valence-electron chi connectivity index (χ2n) is 13.4. The number of hydrogen-bond donors (Lipinski definition) is 0. The summed E-state index contributed by atoms with van der Waals surface area (Å²) in [6, 6.07) is 35.9. The fraction of sp³-hybridized carbons (Fsp3) is 0.234. The summed E-state index contributed by atoms with van der Waals surface area (Å²) in [5.41, 5.74) is 8.86.